The predicted octanol–water partition coefficient (Wildman–Crippen LogP) is 3.90. The van der Waals surface area contributed by atoms with Gasteiger partial charge >= 0.3 is 12.1 Å². The number of carboxylic acid groups (broad SMARTS) is 1. The van der Waals surface area contributed by atoms with E-state index in [9.17, 15) is 27.5 Å². The van der Waals surface area contributed by atoms with E-state index in [1.165, 1.54) is 24.3 Å². The number of hydrogen-bond donors (Lipinski definition) is 3. The molecule has 0 saturated carbocycles. The minimum Gasteiger partial charge on any atom is -0.507 e. The standard InChI is InChI=1S/C16H13F4NO3/c17-13-3-1-9(7-12(13)16(18,19)20)5-6-21-10-2-4-14(22)11(8-10)15(23)24/h1-4,7-8,21-22H,5-6H2,(H,23,24). The number of hydrogen-bond acceptors (Lipinski definition) is 3. The van der Waals surface area contributed by atoms with Crippen molar-refractivity contribution in [3.63, 3.8) is 0 Å². The van der Waals surface area contributed by atoms with Crippen molar-refractivity contribution in [3.05, 3.63) is 58.9 Å². The van der Waals surface area contributed by atoms with E-state index in [1.807, 2.05) is 0 Å². The monoisotopic (exact) mass is 343 g/mol. The molecule has 0 fully saturated rings. The summed E-state index contributed by atoms with van der Waals surface area (Å²) in [5.41, 5.74) is -0.934. The molecule has 128 valence electrons. The van der Waals surface area contributed by atoms with Crippen molar-refractivity contribution in [2.24, 2.45) is 0 Å². The fourth-order valence-corrected chi connectivity index (χ4v) is 2.11. The van der Waals surface area contributed by atoms with Crippen LogP contribution < -0.4 is 5.32 Å². The summed E-state index contributed by atoms with van der Waals surface area (Å²) >= 11 is 0. The zero-order chi connectivity index (χ0) is 17.9. The first-order valence-corrected chi connectivity index (χ1v) is 6.84. The van der Waals surface area contributed by atoms with Crippen LogP contribution in [0.1, 0.15) is 21.5 Å². The van der Waals surface area contributed by atoms with E-state index in [0.717, 1.165) is 12.1 Å². The van der Waals surface area contributed by atoms with E-state index in [-0.39, 0.29) is 29.8 Å². The van der Waals surface area contributed by atoms with Crippen LogP contribution in [0.3, 0.4) is 0 Å². The van der Waals surface area contributed by atoms with Gasteiger partial charge in [0, 0.05) is 12.2 Å². The van der Waals surface area contributed by atoms with Gasteiger partial charge in [0.1, 0.15) is 17.1 Å². The third-order valence-electron chi connectivity index (χ3n) is 3.31. The lowest BCUT2D eigenvalue weighted by Gasteiger charge is -2.11. The summed E-state index contributed by atoms with van der Waals surface area (Å²) in [5.74, 6) is -3.02. The normalized spacial score (nSPS) is 11.3. The highest BCUT2D eigenvalue weighted by molar-refractivity contribution is 5.91. The lowest BCUT2D eigenvalue weighted by Crippen LogP contribution is -2.10. The first-order valence-electron chi connectivity index (χ1n) is 6.84. The Labute approximate surface area is 134 Å². The number of carboxylic acids is 1. The Morgan fingerprint density at radius 2 is 1.83 bits per heavy atom. The Morgan fingerprint density at radius 3 is 2.46 bits per heavy atom. The Morgan fingerprint density at radius 1 is 1.12 bits per heavy atom. The second-order valence-electron chi connectivity index (χ2n) is 5.03. The molecule has 0 aromatic heterocycles. The second kappa shape index (κ2) is 6.77. The van der Waals surface area contributed by atoms with Crippen LogP contribution in [0.25, 0.3) is 0 Å². The van der Waals surface area contributed by atoms with E-state index in [4.69, 9.17) is 5.11 Å². The number of nitrogens with one attached hydrogen (secondary N) is 1. The SMILES string of the molecule is O=C(O)c1cc(NCCc2ccc(F)c(C(F)(F)F)c2)ccc1O. The number of aromatic carboxylic acids is 1. The molecule has 0 aliphatic rings. The lowest BCUT2D eigenvalue weighted by atomic mass is 10.1. The first kappa shape index (κ1) is 17.6. The van der Waals surface area contributed by atoms with Crippen molar-refractivity contribution in [1.82, 2.24) is 0 Å². The quantitative estimate of drug-likeness (QED) is 0.569. The molecule has 0 unspecified atom stereocenters. The number of aromatic hydroxyl groups is 1. The molecule has 24 heavy (non-hydrogen) atoms. The molecular weight excluding hydrogens is 330 g/mol. The topological polar surface area (TPSA) is 69.6 Å². The highest BCUT2D eigenvalue weighted by Gasteiger charge is 2.34. The van der Waals surface area contributed by atoms with Crippen LogP contribution in [0.4, 0.5) is 23.2 Å². The van der Waals surface area contributed by atoms with Crippen LogP contribution >= 0.6 is 0 Å². The van der Waals surface area contributed by atoms with Crippen LogP contribution in [0, 0.1) is 5.82 Å². The van der Waals surface area contributed by atoms with Crippen molar-refractivity contribution in [3.8, 4) is 5.75 Å². The van der Waals surface area contributed by atoms with Gasteiger partial charge in [-0.25, -0.2) is 9.18 Å². The van der Waals surface area contributed by atoms with E-state index in [1.54, 1.807) is 0 Å². The number of rotatable bonds is 5. The molecule has 0 atom stereocenters. The maximum absolute atomic E-state index is 13.2. The molecular formula is C16H13F4NO3. The average Bonchev–Trinajstić information content (AvgIpc) is 2.49. The van der Waals surface area contributed by atoms with Crippen LogP contribution in [-0.4, -0.2) is 22.7 Å². The number of anilines is 1. The maximum atomic E-state index is 13.2. The highest BCUT2D eigenvalue weighted by atomic mass is 19.4. The largest absolute Gasteiger partial charge is 0.507 e. The number of alkyl halides is 3. The van der Waals surface area contributed by atoms with E-state index in [2.05, 4.69) is 5.32 Å². The molecule has 2 aromatic rings. The summed E-state index contributed by atoms with van der Waals surface area (Å²) < 4.78 is 51.1. The molecule has 2 aromatic carbocycles. The summed E-state index contributed by atoms with van der Waals surface area (Å²) in [7, 11) is 0. The Kier molecular flexibility index (Phi) is 4.96. The molecule has 0 aliphatic heterocycles. The van der Waals surface area contributed by atoms with Crippen LogP contribution in [0.5, 0.6) is 5.75 Å². The molecule has 3 N–H and O–H groups in total. The molecule has 2 rings (SSSR count). The molecule has 0 radical (unpaired) electrons. The smallest absolute Gasteiger partial charge is 0.419 e. The van der Waals surface area contributed by atoms with Gasteiger partial charge in [-0.3, -0.25) is 0 Å². The van der Waals surface area contributed by atoms with E-state index < -0.39 is 23.5 Å². The van der Waals surface area contributed by atoms with Crippen LogP contribution in [0.15, 0.2) is 36.4 Å². The molecule has 0 bridgehead atoms. The summed E-state index contributed by atoms with van der Waals surface area (Å²) in [6.07, 6.45) is -4.59. The minimum atomic E-state index is -4.76. The molecule has 0 saturated heterocycles. The summed E-state index contributed by atoms with van der Waals surface area (Å²) in [6.45, 7) is 0.201. The highest BCUT2D eigenvalue weighted by Crippen LogP contribution is 2.32. The van der Waals surface area contributed by atoms with Crippen molar-refractivity contribution in [2.75, 3.05) is 11.9 Å². The molecule has 0 aliphatic carbocycles. The van der Waals surface area contributed by atoms with Crippen molar-refractivity contribution >= 4 is 11.7 Å². The molecule has 4 nitrogen and oxygen atoms in total. The van der Waals surface area contributed by atoms with Crippen molar-refractivity contribution in [2.45, 2.75) is 12.6 Å². The van der Waals surface area contributed by atoms with Gasteiger partial charge in [-0.2, -0.15) is 13.2 Å². The Hall–Kier alpha value is -2.77. The van der Waals surface area contributed by atoms with Gasteiger partial charge in [-0.15, -0.1) is 0 Å². The number of carbonyl (C=O) groups is 1. The second-order valence-corrected chi connectivity index (χ2v) is 5.03. The van der Waals surface area contributed by atoms with Crippen LogP contribution in [-0.2, 0) is 12.6 Å². The zero-order valence-corrected chi connectivity index (χ0v) is 12.2. The van der Waals surface area contributed by atoms with Gasteiger partial charge in [0.25, 0.3) is 0 Å². The minimum absolute atomic E-state index is 0.173. The fraction of sp³-hybridized carbons (Fsp3) is 0.188. The lowest BCUT2D eigenvalue weighted by molar-refractivity contribution is -0.140. The Balaban J connectivity index is 2.05. The zero-order valence-electron chi connectivity index (χ0n) is 12.2. The summed E-state index contributed by atoms with van der Waals surface area (Å²) in [6, 6.07) is 6.62. The number of phenols is 1. The predicted molar refractivity (Wildman–Crippen MR) is 78.7 cm³/mol. The van der Waals surface area contributed by atoms with Crippen molar-refractivity contribution in [1.29, 1.82) is 0 Å². The van der Waals surface area contributed by atoms with E-state index in [0.29, 0.717) is 5.69 Å². The van der Waals surface area contributed by atoms with Gasteiger partial charge in [-0.05, 0) is 42.3 Å². The van der Waals surface area contributed by atoms with Crippen LogP contribution in [0.2, 0.25) is 0 Å². The maximum Gasteiger partial charge on any atom is 0.419 e. The van der Waals surface area contributed by atoms with Gasteiger partial charge in [0.2, 0.25) is 0 Å². The van der Waals surface area contributed by atoms with Gasteiger partial charge in [-0.1, -0.05) is 6.07 Å². The third kappa shape index (κ3) is 4.15. The summed E-state index contributed by atoms with van der Waals surface area (Å²) in [4.78, 5) is 10.9. The average molecular weight is 343 g/mol. The number of benzene rings is 2. The molecule has 0 amide bonds. The number of halogens is 4. The third-order valence-corrected chi connectivity index (χ3v) is 3.31. The van der Waals surface area contributed by atoms with Gasteiger partial charge in [0.05, 0.1) is 5.56 Å². The Bertz CT molecular complexity index is 759. The summed E-state index contributed by atoms with van der Waals surface area (Å²) in [5, 5.41) is 21.1. The fourth-order valence-electron chi connectivity index (χ4n) is 2.11. The van der Waals surface area contributed by atoms with Gasteiger partial charge < -0.3 is 15.5 Å². The molecule has 8 heteroatoms. The molecule has 0 spiro atoms. The molecule has 0 heterocycles. The van der Waals surface area contributed by atoms with Gasteiger partial charge in [0.15, 0.2) is 0 Å². The van der Waals surface area contributed by atoms with Crippen molar-refractivity contribution < 1.29 is 32.6 Å². The first-order chi connectivity index (χ1) is 11.2. The van der Waals surface area contributed by atoms with E-state index >= 15 is 0 Å².